The number of nitrogens with zero attached hydrogens (tertiary/aromatic N) is 1. The van der Waals surface area contributed by atoms with E-state index in [0.29, 0.717) is 25.8 Å². The molecule has 4 N–H and O–H groups in total. The summed E-state index contributed by atoms with van der Waals surface area (Å²) in [6.45, 7) is 2.27. The molecule has 0 saturated carbocycles. The van der Waals surface area contributed by atoms with E-state index in [9.17, 15) is 14.4 Å². The number of carbonyl (C=O) groups is 3. The molecule has 38 heavy (non-hydrogen) atoms. The highest BCUT2D eigenvalue weighted by atomic mass is 16.2. The Labute approximate surface area is 222 Å². The Morgan fingerprint density at radius 2 is 1.63 bits per heavy atom. The van der Waals surface area contributed by atoms with Crippen molar-refractivity contribution in [2.45, 2.75) is 44.7 Å². The molecule has 0 spiro atoms. The number of para-hydroxylation sites is 1. The van der Waals surface area contributed by atoms with E-state index in [4.69, 9.17) is 0 Å². The van der Waals surface area contributed by atoms with Crippen LogP contribution in [0.4, 0.5) is 0 Å². The van der Waals surface area contributed by atoms with E-state index in [0.717, 1.165) is 27.6 Å². The fraction of sp³-hybridized carbons (Fsp3) is 0.267. The normalized spacial score (nSPS) is 12.4. The summed E-state index contributed by atoms with van der Waals surface area (Å²) >= 11 is 0. The third kappa shape index (κ3) is 7.29. The van der Waals surface area contributed by atoms with Gasteiger partial charge in [-0.05, 0) is 41.7 Å². The molecule has 0 aliphatic rings. The second-order valence-corrected chi connectivity index (χ2v) is 9.22. The summed E-state index contributed by atoms with van der Waals surface area (Å²) in [7, 11) is 0. The summed E-state index contributed by atoms with van der Waals surface area (Å²) in [5.41, 5.74) is 3.77. The third-order valence-corrected chi connectivity index (χ3v) is 6.44. The maximum atomic E-state index is 13.3. The molecule has 0 fully saturated rings. The highest BCUT2D eigenvalue weighted by molar-refractivity contribution is 5.93. The average molecular weight is 512 g/mol. The van der Waals surface area contributed by atoms with Crippen LogP contribution in [0.3, 0.4) is 0 Å². The van der Waals surface area contributed by atoms with Gasteiger partial charge in [-0.15, -0.1) is 0 Å². The van der Waals surface area contributed by atoms with Gasteiger partial charge in [-0.1, -0.05) is 61.5 Å². The number of hydrogen-bond donors (Lipinski definition) is 4. The lowest BCUT2D eigenvalue weighted by Crippen LogP contribution is -2.54. The number of benzene rings is 2. The number of pyridine rings is 1. The number of hydrogen-bond acceptors (Lipinski definition) is 4. The predicted molar refractivity (Wildman–Crippen MR) is 147 cm³/mol. The molecule has 196 valence electrons. The third-order valence-electron chi connectivity index (χ3n) is 6.44. The number of aromatic nitrogens is 2. The van der Waals surface area contributed by atoms with E-state index in [1.165, 1.54) is 0 Å². The highest BCUT2D eigenvalue weighted by Crippen LogP contribution is 2.19. The van der Waals surface area contributed by atoms with Gasteiger partial charge in [0, 0.05) is 42.5 Å². The Kier molecular flexibility index (Phi) is 9.23. The zero-order valence-corrected chi connectivity index (χ0v) is 21.4. The van der Waals surface area contributed by atoms with Gasteiger partial charge in [-0.25, -0.2) is 0 Å². The van der Waals surface area contributed by atoms with Crippen LogP contribution in [0.2, 0.25) is 0 Å². The molecule has 0 unspecified atom stereocenters. The van der Waals surface area contributed by atoms with Crippen LogP contribution in [-0.2, 0) is 33.6 Å². The van der Waals surface area contributed by atoms with Crippen LogP contribution in [0.25, 0.3) is 10.9 Å². The summed E-state index contributed by atoms with van der Waals surface area (Å²) < 4.78 is 0. The molecular weight excluding hydrogens is 478 g/mol. The van der Waals surface area contributed by atoms with Gasteiger partial charge in [0.25, 0.3) is 0 Å². The largest absolute Gasteiger partial charge is 0.361 e. The van der Waals surface area contributed by atoms with Crippen molar-refractivity contribution in [3.8, 4) is 0 Å². The van der Waals surface area contributed by atoms with Crippen molar-refractivity contribution in [3.05, 3.63) is 102 Å². The number of carbonyl (C=O) groups excluding carboxylic acids is 3. The smallest absolute Gasteiger partial charge is 0.243 e. The molecule has 2 aromatic heterocycles. The molecule has 8 heteroatoms. The SMILES string of the molecule is CC[C@H](NC(=O)Cc1cccnc1)C(=O)N[C@H](Cc1c[nH]c2ccccc12)C(=O)NCCc1ccccc1. The molecule has 0 bridgehead atoms. The van der Waals surface area contributed by atoms with Gasteiger partial charge < -0.3 is 20.9 Å². The zero-order chi connectivity index (χ0) is 26.7. The number of fused-ring (bicyclic) bond motifs is 1. The molecule has 0 radical (unpaired) electrons. The number of nitrogens with one attached hydrogen (secondary N) is 4. The van der Waals surface area contributed by atoms with Gasteiger partial charge in [0.1, 0.15) is 12.1 Å². The Morgan fingerprint density at radius 3 is 2.39 bits per heavy atom. The van der Waals surface area contributed by atoms with Gasteiger partial charge in [0.05, 0.1) is 6.42 Å². The Bertz CT molecular complexity index is 1350. The summed E-state index contributed by atoms with van der Waals surface area (Å²) in [5, 5.41) is 9.66. The van der Waals surface area contributed by atoms with Gasteiger partial charge in [-0.3, -0.25) is 19.4 Å². The van der Waals surface area contributed by atoms with Crippen molar-refractivity contribution >= 4 is 28.6 Å². The number of H-pyrrole nitrogens is 1. The summed E-state index contributed by atoms with van der Waals surface area (Å²) in [5.74, 6) is -0.938. The maximum absolute atomic E-state index is 13.3. The number of rotatable bonds is 12. The molecule has 0 aliphatic carbocycles. The van der Waals surface area contributed by atoms with Gasteiger partial charge in [0.2, 0.25) is 17.7 Å². The fourth-order valence-electron chi connectivity index (χ4n) is 4.39. The van der Waals surface area contributed by atoms with Crippen molar-refractivity contribution in [1.82, 2.24) is 25.9 Å². The van der Waals surface area contributed by atoms with Gasteiger partial charge in [-0.2, -0.15) is 0 Å². The van der Waals surface area contributed by atoms with Crippen LogP contribution in [0.1, 0.15) is 30.0 Å². The molecule has 4 aromatic rings. The first-order chi connectivity index (χ1) is 18.5. The van der Waals surface area contributed by atoms with Crippen LogP contribution >= 0.6 is 0 Å². The number of aromatic amines is 1. The van der Waals surface area contributed by atoms with E-state index >= 15 is 0 Å². The highest BCUT2D eigenvalue weighted by Gasteiger charge is 2.27. The number of amides is 3. The lowest BCUT2D eigenvalue weighted by atomic mass is 10.0. The van der Waals surface area contributed by atoms with Crippen LogP contribution in [0.5, 0.6) is 0 Å². The molecule has 8 nitrogen and oxygen atoms in total. The van der Waals surface area contributed by atoms with Gasteiger partial charge in [0.15, 0.2) is 0 Å². The summed E-state index contributed by atoms with van der Waals surface area (Å²) in [4.78, 5) is 46.3. The lowest BCUT2D eigenvalue weighted by Gasteiger charge is -2.22. The molecule has 0 saturated heterocycles. The minimum Gasteiger partial charge on any atom is -0.361 e. The summed E-state index contributed by atoms with van der Waals surface area (Å²) in [6, 6.07) is 19.7. The topological polar surface area (TPSA) is 116 Å². The second-order valence-electron chi connectivity index (χ2n) is 9.22. The van der Waals surface area contributed by atoms with E-state index in [1.807, 2.05) is 73.8 Å². The monoisotopic (exact) mass is 511 g/mol. The minimum absolute atomic E-state index is 0.121. The molecule has 2 atom stereocenters. The quantitative estimate of drug-likeness (QED) is 0.234. The van der Waals surface area contributed by atoms with E-state index in [1.54, 1.807) is 18.5 Å². The van der Waals surface area contributed by atoms with Crippen LogP contribution in [0.15, 0.2) is 85.3 Å². The zero-order valence-electron chi connectivity index (χ0n) is 21.4. The predicted octanol–water partition coefficient (Wildman–Crippen LogP) is 3.09. The molecule has 0 aliphatic heterocycles. The van der Waals surface area contributed by atoms with Crippen LogP contribution in [-0.4, -0.2) is 46.3 Å². The molecule has 2 heterocycles. The molecule has 3 amide bonds. The standard InChI is InChI=1S/C30H33N5O3/c1-2-25(34-28(36)17-22-11-8-15-31-19-22)30(38)35-27(18-23-20-33-26-13-7-6-12-24(23)26)29(37)32-16-14-21-9-4-3-5-10-21/h3-13,15,19-20,25,27,33H,2,14,16-18H2,1H3,(H,32,37)(H,34,36)(H,35,38)/t25-,27+/m0/s1. The Morgan fingerprint density at radius 1 is 0.868 bits per heavy atom. The summed E-state index contributed by atoms with van der Waals surface area (Å²) in [6.07, 6.45) is 6.64. The molecule has 4 rings (SSSR count). The second kappa shape index (κ2) is 13.2. The Balaban J connectivity index is 1.43. The van der Waals surface area contributed by atoms with Crippen molar-refractivity contribution in [1.29, 1.82) is 0 Å². The van der Waals surface area contributed by atoms with E-state index in [2.05, 4.69) is 25.9 Å². The first kappa shape index (κ1) is 26.6. The molecular formula is C30H33N5O3. The van der Waals surface area contributed by atoms with Crippen molar-refractivity contribution < 1.29 is 14.4 Å². The van der Waals surface area contributed by atoms with Crippen molar-refractivity contribution in [3.63, 3.8) is 0 Å². The van der Waals surface area contributed by atoms with Gasteiger partial charge >= 0.3 is 0 Å². The van der Waals surface area contributed by atoms with Crippen LogP contribution in [0, 0.1) is 0 Å². The average Bonchev–Trinajstić information content (AvgIpc) is 3.35. The molecule has 2 aromatic carbocycles. The van der Waals surface area contributed by atoms with Crippen molar-refractivity contribution in [2.24, 2.45) is 0 Å². The first-order valence-corrected chi connectivity index (χ1v) is 12.9. The van der Waals surface area contributed by atoms with E-state index < -0.39 is 18.0 Å². The van der Waals surface area contributed by atoms with Crippen LogP contribution < -0.4 is 16.0 Å². The lowest BCUT2D eigenvalue weighted by molar-refractivity contribution is -0.132. The minimum atomic E-state index is -0.804. The first-order valence-electron chi connectivity index (χ1n) is 12.9. The fourth-order valence-corrected chi connectivity index (χ4v) is 4.39. The van der Waals surface area contributed by atoms with Crippen molar-refractivity contribution in [2.75, 3.05) is 6.54 Å². The van der Waals surface area contributed by atoms with E-state index in [-0.39, 0.29) is 18.2 Å². The Hall–Kier alpha value is -4.46. The maximum Gasteiger partial charge on any atom is 0.243 e.